The summed E-state index contributed by atoms with van der Waals surface area (Å²) >= 11 is 0. The molecule has 0 saturated heterocycles. The number of hydrogen-bond donors (Lipinski definition) is 0. The van der Waals surface area contributed by atoms with Crippen LogP contribution in [0.1, 0.15) is 33.3 Å². The Morgan fingerprint density at radius 2 is 1.84 bits per heavy atom. The summed E-state index contributed by atoms with van der Waals surface area (Å²) in [6, 6.07) is 8.94. The van der Waals surface area contributed by atoms with Gasteiger partial charge in [-0.1, -0.05) is 30.3 Å². The molecule has 104 valence electrons. The van der Waals surface area contributed by atoms with Crippen LogP contribution in [-0.2, 0) is 16.3 Å². The van der Waals surface area contributed by atoms with Gasteiger partial charge >= 0.3 is 6.09 Å². The van der Waals surface area contributed by atoms with Crippen molar-refractivity contribution in [3.63, 3.8) is 0 Å². The molecule has 0 fully saturated rings. The summed E-state index contributed by atoms with van der Waals surface area (Å²) in [7, 11) is 0. The third kappa shape index (κ3) is 6.25. The molecule has 1 rings (SSSR count). The van der Waals surface area contributed by atoms with E-state index in [1.165, 1.54) is 6.92 Å². The zero-order valence-electron chi connectivity index (χ0n) is 11.9. The van der Waals surface area contributed by atoms with Crippen molar-refractivity contribution in [2.75, 3.05) is 0 Å². The number of ether oxygens (including phenoxy) is 1. The molecule has 0 aliphatic rings. The zero-order valence-corrected chi connectivity index (χ0v) is 11.9. The second kappa shape index (κ2) is 6.57. The first-order valence-electron chi connectivity index (χ1n) is 6.41. The van der Waals surface area contributed by atoms with E-state index in [1.807, 2.05) is 30.3 Å². The molecule has 1 aromatic carbocycles. The lowest BCUT2D eigenvalue weighted by Gasteiger charge is -2.22. The van der Waals surface area contributed by atoms with Gasteiger partial charge in [-0.15, -0.1) is 0 Å². The van der Waals surface area contributed by atoms with Gasteiger partial charge in [0.2, 0.25) is 0 Å². The van der Waals surface area contributed by atoms with Crippen molar-refractivity contribution in [1.82, 2.24) is 5.32 Å². The summed E-state index contributed by atoms with van der Waals surface area (Å²) in [5, 5.41) is 15.5. The maximum Gasteiger partial charge on any atom is 0.429 e. The number of hydrogen-bond acceptors (Lipinski definition) is 2. The van der Waals surface area contributed by atoms with Crippen molar-refractivity contribution in [2.45, 2.75) is 51.9 Å². The quantitative estimate of drug-likeness (QED) is 0.838. The van der Waals surface area contributed by atoms with Gasteiger partial charge in [0.15, 0.2) is 0 Å². The van der Waals surface area contributed by atoms with Crippen molar-refractivity contribution in [2.24, 2.45) is 0 Å². The molecule has 2 atom stereocenters. The molecule has 2 radical (unpaired) electrons. The van der Waals surface area contributed by atoms with Crippen molar-refractivity contribution in [3.05, 3.63) is 35.9 Å². The Labute approximate surface area is 114 Å². The lowest BCUT2D eigenvalue weighted by Crippen LogP contribution is -2.40. The average Bonchev–Trinajstić information content (AvgIpc) is 2.26. The molecule has 0 unspecified atom stereocenters. The van der Waals surface area contributed by atoms with Crippen molar-refractivity contribution < 1.29 is 14.6 Å². The van der Waals surface area contributed by atoms with Gasteiger partial charge in [-0.2, -0.15) is 0 Å². The Kier molecular flexibility index (Phi) is 5.36. The van der Waals surface area contributed by atoms with E-state index in [0.29, 0.717) is 6.42 Å². The summed E-state index contributed by atoms with van der Waals surface area (Å²) in [6.45, 7) is 6.83. The van der Waals surface area contributed by atoms with Gasteiger partial charge < -0.3 is 4.74 Å². The van der Waals surface area contributed by atoms with E-state index in [9.17, 15) is 9.90 Å². The first kappa shape index (κ1) is 15.5. The van der Waals surface area contributed by atoms with E-state index in [2.05, 4.69) is 5.32 Å². The van der Waals surface area contributed by atoms with Gasteiger partial charge in [-0.25, -0.2) is 15.2 Å². The maximum absolute atomic E-state index is 11.6. The SMILES string of the molecule is C[C@H]([O])[C@H](Cc1ccccc1)[N]C(=O)OC(C)(C)C. The van der Waals surface area contributed by atoms with E-state index in [1.54, 1.807) is 20.8 Å². The van der Waals surface area contributed by atoms with Gasteiger partial charge in [0.05, 0.1) is 6.04 Å². The lowest BCUT2D eigenvalue weighted by atomic mass is 10.0. The average molecular weight is 263 g/mol. The van der Waals surface area contributed by atoms with Gasteiger partial charge in [-0.3, -0.25) is 0 Å². The molecular formula is C15H21NO3. The number of benzene rings is 1. The van der Waals surface area contributed by atoms with Crippen LogP contribution in [0.15, 0.2) is 30.3 Å². The molecule has 0 aromatic heterocycles. The Morgan fingerprint density at radius 1 is 1.26 bits per heavy atom. The Bertz CT molecular complexity index is 396. The van der Waals surface area contributed by atoms with E-state index in [0.717, 1.165) is 5.56 Å². The second-order valence-electron chi connectivity index (χ2n) is 5.57. The zero-order chi connectivity index (χ0) is 14.5. The van der Waals surface area contributed by atoms with Gasteiger partial charge in [0, 0.05) is 0 Å². The summed E-state index contributed by atoms with van der Waals surface area (Å²) in [5.74, 6) is 0. The molecule has 4 heteroatoms. The molecule has 0 bridgehead atoms. The van der Waals surface area contributed by atoms with Crippen LogP contribution in [0.4, 0.5) is 4.79 Å². The molecule has 0 aliphatic heterocycles. The van der Waals surface area contributed by atoms with Gasteiger partial charge in [-0.05, 0) is 39.7 Å². The topological polar surface area (TPSA) is 60.3 Å². The lowest BCUT2D eigenvalue weighted by molar-refractivity contribution is 0.0314. The molecule has 4 nitrogen and oxygen atoms in total. The molecule has 0 N–H and O–H groups in total. The number of carbonyl (C=O) groups is 1. The molecule has 1 aromatic rings. The monoisotopic (exact) mass is 263 g/mol. The van der Waals surface area contributed by atoms with Crippen LogP contribution in [0, 0.1) is 0 Å². The highest BCUT2D eigenvalue weighted by Gasteiger charge is 2.25. The van der Waals surface area contributed by atoms with Crippen LogP contribution in [-0.4, -0.2) is 23.8 Å². The molecule has 0 saturated carbocycles. The minimum atomic E-state index is -0.951. The first-order chi connectivity index (χ1) is 8.78. The summed E-state index contributed by atoms with van der Waals surface area (Å²) < 4.78 is 5.11. The first-order valence-corrected chi connectivity index (χ1v) is 6.41. The predicted molar refractivity (Wildman–Crippen MR) is 72.5 cm³/mol. The summed E-state index contributed by atoms with van der Waals surface area (Å²) in [4.78, 5) is 11.6. The minimum absolute atomic E-state index is 0.449. The smallest absolute Gasteiger partial charge is 0.429 e. The Morgan fingerprint density at radius 3 is 2.32 bits per heavy atom. The summed E-state index contributed by atoms with van der Waals surface area (Å²) in [6.07, 6.45) is -1.17. The Balaban J connectivity index is 2.61. The van der Waals surface area contributed by atoms with Crippen LogP contribution in [0.2, 0.25) is 0 Å². The molecular weight excluding hydrogens is 242 g/mol. The normalized spacial score (nSPS) is 14.6. The van der Waals surface area contributed by atoms with Crippen LogP contribution >= 0.6 is 0 Å². The molecule has 1 amide bonds. The van der Waals surface area contributed by atoms with E-state index in [4.69, 9.17) is 4.74 Å². The number of nitrogens with zero attached hydrogens (tertiary/aromatic N) is 1. The van der Waals surface area contributed by atoms with Crippen LogP contribution in [0.3, 0.4) is 0 Å². The largest absolute Gasteiger partial charge is 0.442 e. The molecule has 19 heavy (non-hydrogen) atoms. The highest BCUT2D eigenvalue weighted by Crippen LogP contribution is 2.11. The molecule has 0 heterocycles. The fraction of sp³-hybridized carbons (Fsp3) is 0.533. The molecule has 0 aliphatic carbocycles. The van der Waals surface area contributed by atoms with Crippen molar-refractivity contribution in [3.8, 4) is 0 Å². The Hall–Kier alpha value is -1.55. The van der Waals surface area contributed by atoms with Crippen LogP contribution in [0.25, 0.3) is 0 Å². The standard InChI is InChI=1S/C15H21NO3/c1-11(17)13(10-12-8-6-5-7-9-12)16-14(18)19-15(2,3)4/h5-9,11,13H,10H2,1-4H3/t11-,13-/m0/s1. The number of rotatable bonds is 4. The fourth-order valence-corrected chi connectivity index (χ4v) is 1.60. The van der Waals surface area contributed by atoms with Crippen molar-refractivity contribution >= 4 is 6.09 Å². The minimum Gasteiger partial charge on any atom is -0.442 e. The van der Waals surface area contributed by atoms with Gasteiger partial charge in [0.1, 0.15) is 11.7 Å². The fourth-order valence-electron chi connectivity index (χ4n) is 1.60. The van der Waals surface area contributed by atoms with E-state index in [-0.39, 0.29) is 0 Å². The highest BCUT2D eigenvalue weighted by atomic mass is 16.6. The van der Waals surface area contributed by atoms with Gasteiger partial charge in [0.25, 0.3) is 0 Å². The van der Waals surface area contributed by atoms with Crippen LogP contribution in [0.5, 0.6) is 0 Å². The maximum atomic E-state index is 11.6. The third-order valence-electron chi connectivity index (χ3n) is 2.49. The third-order valence-corrected chi connectivity index (χ3v) is 2.49. The summed E-state index contributed by atoms with van der Waals surface area (Å²) in [5.41, 5.74) is 0.395. The van der Waals surface area contributed by atoms with E-state index < -0.39 is 23.8 Å². The van der Waals surface area contributed by atoms with E-state index >= 15 is 0 Å². The second-order valence-corrected chi connectivity index (χ2v) is 5.57. The predicted octanol–water partition coefficient (Wildman–Crippen LogP) is 2.96. The van der Waals surface area contributed by atoms with Crippen LogP contribution < -0.4 is 5.32 Å². The van der Waals surface area contributed by atoms with Crippen molar-refractivity contribution in [1.29, 1.82) is 0 Å². The highest BCUT2D eigenvalue weighted by molar-refractivity contribution is 5.67. The number of carbonyl (C=O) groups excluding carboxylic acids is 1. The number of amides is 1. The molecule has 0 spiro atoms.